The molecule has 2 aromatic rings. The van der Waals surface area contributed by atoms with Gasteiger partial charge in [0, 0.05) is 12.8 Å². The van der Waals surface area contributed by atoms with E-state index >= 15 is 0 Å². The average Bonchev–Trinajstić information content (AvgIpc) is 2.70. The Bertz CT molecular complexity index is 990. The maximum atomic E-state index is 12.1. The van der Waals surface area contributed by atoms with Crippen molar-refractivity contribution in [2.75, 3.05) is 11.5 Å². The van der Waals surface area contributed by atoms with Crippen LogP contribution in [0.4, 0.5) is 0 Å². The molecule has 6 heteroatoms. The Balaban J connectivity index is 1.67. The molecule has 146 valence electrons. The van der Waals surface area contributed by atoms with Crippen molar-refractivity contribution in [2.24, 2.45) is 0 Å². The second kappa shape index (κ2) is 10.7. The second-order valence-electron chi connectivity index (χ2n) is 6.06. The highest BCUT2D eigenvalue weighted by Crippen LogP contribution is 2.10. The lowest BCUT2D eigenvalue weighted by atomic mass is 10.2. The van der Waals surface area contributed by atoms with E-state index in [1.54, 1.807) is 60.7 Å². The van der Waals surface area contributed by atoms with Crippen LogP contribution in [-0.4, -0.2) is 28.3 Å². The van der Waals surface area contributed by atoms with Gasteiger partial charge in [-0.2, -0.15) is 0 Å². The van der Waals surface area contributed by atoms with Gasteiger partial charge in [0.15, 0.2) is 19.7 Å². The van der Waals surface area contributed by atoms with Crippen molar-refractivity contribution in [2.45, 2.75) is 35.5 Å². The molecule has 2 aromatic carbocycles. The van der Waals surface area contributed by atoms with Gasteiger partial charge >= 0.3 is 0 Å². The Morgan fingerprint density at radius 1 is 0.536 bits per heavy atom. The lowest BCUT2D eigenvalue weighted by Crippen LogP contribution is -2.04. The van der Waals surface area contributed by atoms with E-state index in [2.05, 4.69) is 23.7 Å². The Morgan fingerprint density at radius 3 is 1.25 bits per heavy atom. The second-order valence-corrected chi connectivity index (χ2v) is 10.0. The van der Waals surface area contributed by atoms with Gasteiger partial charge in [0.05, 0.1) is 9.79 Å². The van der Waals surface area contributed by atoms with Crippen molar-refractivity contribution >= 4 is 19.7 Å². The molecule has 0 aromatic heterocycles. The molecule has 28 heavy (non-hydrogen) atoms. The molecule has 0 radical (unpaired) electrons. The fourth-order valence-corrected chi connectivity index (χ4v) is 4.38. The van der Waals surface area contributed by atoms with Crippen LogP contribution in [-0.2, 0) is 19.7 Å². The Hall–Kier alpha value is -2.54. The third-order valence-electron chi connectivity index (χ3n) is 3.83. The van der Waals surface area contributed by atoms with Crippen molar-refractivity contribution in [1.29, 1.82) is 0 Å². The van der Waals surface area contributed by atoms with Crippen molar-refractivity contribution < 1.29 is 16.8 Å². The Labute approximate surface area is 167 Å². The smallest absolute Gasteiger partial charge is 0.189 e. The number of sulfone groups is 2. The standard InChI is InChI=1S/C22H22O4S2/c23-27(24,21-15-9-7-10-16-21)19-13-5-3-1-2-4-6-14-20-28(25,26)22-17-11-8-12-18-22/h7-12,15-18H,1-4,19-20H2. The van der Waals surface area contributed by atoms with E-state index in [0.29, 0.717) is 12.8 Å². The number of rotatable bonds is 7. The van der Waals surface area contributed by atoms with Crippen LogP contribution in [0.3, 0.4) is 0 Å². The van der Waals surface area contributed by atoms with Crippen molar-refractivity contribution in [3.63, 3.8) is 0 Å². The maximum absolute atomic E-state index is 12.1. The van der Waals surface area contributed by atoms with Crippen LogP contribution in [0, 0.1) is 23.7 Å². The van der Waals surface area contributed by atoms with Crippen LogP contribution in [0.5, 0.6) is 0 Å². The molecule has 0 fully saturated rings. The van der Waals surface area contributed by atoms with Crippen LogP contribution < -0.4 is 0 Å². The van der Waals surface area contributed by atoms with Gasteiger partial charge in [0.2, 0.25) is 0 Å². The van der Waals surface area contributed by atoms with E-state index in [-0.39, 0.29) is 21.3 Å². The largest absolute Gasteiger partial charge is 0.223 e. The van der Waals surface area contributed by atoms with Gasteiger partial charge in [-0.1, -0.05) is 48.2 Å². The van der Waals surface area contributed by atoms with E-state index in [4.69, 9.17) is 0 Å². The van der Waals surface area contributed by atoms with Gasteiger partial charge in [0.1, 0.15) is 11.5 Å². The van der Waals surface area contributed by atoms with Crippen LogP contribution in [0.1, 0.15) is 25.7 Å². The van der Waals surface area contributed by atoms with Crippen LogP contribution in [0.15, 0.2) is 70.5 Å². The molecule has 0 heterocycles. The summed E-state index contributed by atoms with van der Waals surface area (Å²) in [7, 11) is -6.71. The number of hydrogen-bond acceptors (Lipinski definition) is 4. The fraction of sp³-hybridized carbons (Fsp3) is 0.273. The SMILES string of the molecule is O=S(=O)(CC#CCCCCC#CCS(=O)(=O)c1ccccc1)c1ccccc1. The number of unbranched alkanes of at least 4 members (excludes halogenated alkanes) is 3. The summed E-state index contributed by atoms with van der Waals surface area (Å²) in [4.78, 5) is 0.565. The number of hydrogen-bond donors (Lipinski definition) is 0. The lowest BCUT2D eigenvalue weighted by Gasteiger charge is -1.98. The first-order valence-corrected chi connectivity index (χ1v) is 12.2. The van der Waals surface area contributed by atoms with E-state index < -0.39 is 19.7 Å². The van der Waals surface area contributed by atoms with Crippen LogP contribution >= 0.6 is 0 Å². The molecule has 2 rings (SSSR count). The Kier molecular flexibility index (Phi) is 8.32. The predicted molar refractivity (Wildman–Crippen MR) is 111 cm³/mol. The van der Waals surface area contributed by atoms with E-state index in [0.717, 1.165) is 12.8 Å². The monoisotopic (exact) mass is 414 g/mol. The molecular formula is C22H22O4S2. The topological polar surface area (TPSA) is 68.3 Å². The predicted octanol–water partition coefficient (Wildman–Crippen LogP) is 3.50. The normalized spacial score (nSPS) is 11.0. The third-order valence-corrected chi connectivity index (χ3v) is 6.86. The summed E-state index contributed by atoms with van der Waals surface area (Å²) in [5, 5.41) is 0. The first kappa shape index (κ1) is 21.8. The quantitative estimate of drug-likeness (QED) is 0.514. The molecule has 0 aliphatic heterocycles. The van der Waals surface area contributed by atoms with Crippen molar-refractivity contribution in [3.05, 3.63) is 60.7 Å². The van der Waals surface area contributed by atoms with Crippen LogP contribution in [0.25, 0.3) is 0 Å². The number of benzene rings is 2. The molecule has 0 saturated heterocycles. The summed E-state index contributed by atoms with van der Waals surface area (Å²) in [6.07, 6.45) is 2.76. The summed E-state index contributed by atoms with van der Waals surface area (Å²) in [6.45, 7) is 0. The van der Waals surface area contributed by atoms with Gasteiger partial charge in [-0.3, -0.25) is 0 Å². The van der Waals surface area contributed by atoms with E-state index in [1.807, 2.05) is 0 Å². The van der Waals surface area contributed by atoms with Gasteiger partial charge in [-0.15, -0.1) is 11.8 Å². The Morgan fingerprint density at radius 2 is 0.893 bits per heavy atom. The van der Waals surface area contributed by atoms with Crippen molar-refractivity contribution in [1.82, 2.24) is 0 Å². The summed E-state index contributed by atoms with van der Waals surface area (Å²) in [5.74, 6) is 10.8. The lowest BCUT2D eigenvalue weighted by molar-refractivity contribution is 0.597. The summed E-state index contributed by atoms with van der Waals surface area (Å²) >= 11 is 0. The van der Waals surface area contributed by atoms with Gasteiger partial charge in [0.25, 0.3) is 0 Å². The summed E-state index contributed by atoms with van der Waals surface area (Å²) in [5.41, 5.74) is 0. The highest BCUT2D eigenvalue weighted by atomic mass is 32.2. The van der Waals surface area contributed by atoms with Crippen LogP contribution in [0.2, 0.25) is 0 Å². The third kappa shape index (κ3) is 7.23. The fourth-order valence-electron chi connectivity index (χ4n) is 2.32. The maximum Gasteiger partial charge on any atom is 0.189 e. The average molecular weight is 415 g/mol. The highest BCUT2D eigenvalue weighted by molar-refractivity contribution is 7.92. The molecule has 0 atom stereocenters. The van der Waals surface area contributed by atoms with Gasteiger partial charge in [-0.05, 0) is 37.1 Å². The first-order valence-electron chi connectivity index (χ1n) is 8.89. The van der Waals surface area contributed by atoms with E-state index in [1.165, 1.54) is 0 Å². The molecule has 0 aliphatic carbocycles. The minimum Gasteiger partial charge on any atom is -0.223 e. The molecule has 0 saturated carbocycles. The molecule has 0 amide bonds. The molecule has 0 spiro atoms. The van der Waals surface area contributed by atoms with E-state index in [9.17, 15) is 16.8 Å². The molecule has 0 unspecified atom stereocenters. The van der Waals surface area contributed by atoms with Crippen molar-refractivity contribution in [3.8, 4) is 23.7 Å². The summed E-state index contributed by atoms with van der Waals surface area (Å²) in [6, 6.07) is 16.5. The zero-order valence-corrected chi connectivity index (χ0v) is 17.1. The molecule has 0 bridgehead atoms. The highest BCUT2D eigenvalue weighted by Gasteiger charge is 2.11. The molecular weight excluding hydrogens is 392 g/mol. The van der Waals surface area contributed by atoms with Gasteiger partial charge < -0.3 is 0 Å². The molecule has 0 N–H and O–H groups in total. The minimum absolute atomic E-state index is 0.186. The molecule has 0 aliphatic rings. The first-order chi connectivity index (χ1) is 13.4. The van der Waals surface area contributed by atoms with Gasteiger partial charge in [-0.25, -0.2) is 16.8 Å². The zero-order chi connectivity index (χ0) is 20.3. The molecule has 4 nitrogen and oxygen atoms in total. The zero-order valence-electron chi connectivity index (χ0n) is 15.5. The minimum atomic E-state index is -3.35. The summed E-state index contributed by atoms with van der Waals surface area (Å²) < 4.78 is 48.2.